The average molecular weight is 171 g/mol. The van der Waals surface area contributed by atoms with Crippen LogP contribution in [0.5, 0.6) is 0 Å². The minimum Gasteiger partial charge on any atom is -0.378 e. The lowest BCUT2D eigenvalue weighted by Gasteiger charge is -2.28. The zero-order valence-electron chi connectivity index (χ0n) is 8.52. The molecule has 0 bridgehead atoms. The van der Waals surface area contributed by atoms with E-state index in [-0.39, 0.29) is 0 Å². The summed E-state index contributed by atoms with van der Waals surface area (Å²) in [6, 6.07) is 0.640. The number of rotatable bonds is 1. The molecule has 72 valence electrons. The van der Waals surface area contributed by atoms with Crippen LogP contribution in [0, 0.1) is 5.41 Å². The highest BCUT2D eigenvalue weighted by atomic mass is 16.5. The van der Waals surface area contributed by atoms with Gasteiger partial charge in [0.2, 0.25) is 0 Å². The molecule has 0 aromatic carbocycles. The third kappa shape index (κ3) is 2.20. The Kier molecular flexibility index (Phi) is 3.53. The molecule has 0 aromatic rings. The maximum atomic E-state index is 5.39. The van der Waals surface area contributed by atoms with Crippen molar-refractivity contribution in [1.82, 2.24) is 5.32 Å². The van der Waals surface area contributed by atoms with E-state index in [0.29, 0.717) is 11.5 Å². The molecule has 0 aromatic heterocycles. The summed E-state index contributed by atoms with van der Waals surface area (Å²) in [6.07, 6.45) is 2.77. The average Bonchev–Trinajstić information content (AvgIpc) is 2.90. The van der Waals surface area contributed by atoms with Gasteiger partial charge in [-0.1, -0.05) is 20.8 Å². The molecule has 0 spiro atoms. The predicted octanol–water partition coefficient (Wildman–Crippen LogP) is 1.80. The standard InChI is InChI=1S/C8H15NO.C2H6/c1-8(2-3-8)7-6-10-5-4-9-7;1-2/h7,9H,2-6H2,1H3;1-2H3. The second-order valence-electron chi connectivity index (χ2n) is 3.74. The van der Waals surface area contributed by atoms with Gasteiger partial charge in [0.05, 0.1) is 13.2 Å². The first kappa shape index (κ1) is 10.0. The van der Waals surface area contributed by atoms with Gasteiger partial charge in [0.25, 0.3) is 0 Å². The van der Waals surface area contributed by atoms with Crippen LogP contribution in [0.2, 0.25) is 0 Å². The van der Waals surface area contributed by atoms with Crippen LogP contribution in [-0.2, 0) is 4.74 Å². The van der Waals surface area contributed by atoms with Crippen molar-refractivity contribution in [3.63, 3.8) is 0 Å². The summed E-state index contributed by atoms with van der Waals surface area (Å²) in [5.41, 5.74) is 0.584. The minimum absolute atomic E-state index is 0.584. The highest BCUT2D eigenvalue weighted by Gasteiger charge is 2.45. The van der Waals surface area contributed by atoms with E-state index in [1.165, 1.54) is 12.8 Å². The largest absolute Gasteiger partial charge is 0.378 e. The quantitative estimate of drug-likeness (QED) is 0.649. The van der Waals surface area contributed by atoms with Crippen LogP contribution in [0.3, 0.4) is 0 Å². The molecule has 1 saturated carbocycles. The van der Waals surface area contributed by atoms with Crippen molar-refractivity contribution in [2.75, 3.05) is 19.8 Å². The molecule has 0 radical (unpaired) electrons. The van der Waals surface area contributed by atoms with Crippen molar-refractivity contribution in [1.29, 1.82) is 0 Å². The SMILES string of the molecule is CC.CC1(C2COCCN2)CC1. The molecular formula is C10H21NO. The van der Waals surface area contributed by atoms with E-state index in [9.17, 15) is 0 Å². The van der Waals surface area contributed by atoms with E-state index >= 15 is 0 Å². The summed E-state index contributed by atoms with van der Waals surface area (Å²) < 4.78 is 5.39. The Morgan fingerprint density at radius 3 is 2.42 bits per heavy atom. The van der Waals surface area contributed by atoms with Gasteiger partial charge in [-0.2, -0.15) is 0 Å². The van der Waals surface area contributed by atoms with Crippen LogP contribution in [0.25, 0.3) is 0 Å². The highest BCUT2D eigenvalue weighted by molar-refractivity contribution is 4.99. The molecule has 2 heteroatoms. The predicted molar refractivity (Wildman–Crippen MR) is 51.3 cm³/mol. The van der Waals surface area contributed by atoms with Gasteiger partial charge in [0.15, 0.2) is 0 Å². The van der Waals surface area contributed by atoms with Gasteiger partial charge in [0.1, 0.15) is 0 Å². The van der Waals surface area contributed by atoms with Crippen molar-refractivity contribution >= 4 is 0 Å². The fraction of sp³-hybridized carbons (Fsp3) is 1.00. The molecule has 2 rings (SSSR count). The number of morpholine rings is 1. The molecule has 1 heterocycles. The third-order valence-electron chi connectivity index (χ3n) is 2.80. The molecule has 12 heavy (non-hydrogen) atoms. The first-order valence-electron chi connectivity index (χ1n) is 5.12. The summed E-state index contributed by atoms with van der Waals surface area (Å²) in [7, 11) is 0. The normalized spacial score (nSPS) is 31.8. The van der Waals surface area contributed by atoms with Crippen LogP contribution in [0.1, 0.15) is 33.6 Å². The molecule has 2 fully saturated rings. The highest BCUT2D eigenvalue weighted by Crippen LogP contribution is 2.48. The van der Waals surface area contributed by atoms with Crippen molar-refractivity contribution in [3.8, 4) is 0 Å². The van der Waals surface area contributed by atoms with Crippen LogP contribution in [0.15, 0.2) is 0 Å². The fourth-order valence-corrected chi connectivity index (χ4v) is 1.56. The Morgan fingerprint density at radius 2 is 2.00 bits per heavy atom. The summed E-state index contributed by atoms with van der Waals surface area (Å²) in [5, 5.41) is 3.50. The van der Waals surface area contributed by atoms with Crippen LogP contribution in [-0.4, -0.2) is 25.8 Å². The number of nitrogens with one attached hydrogen (secondary N) is 1. The van der Waals surface area contributed by atoms with Crippen LogP contribution in [0.4, 0.5) is 0 Å². The second kappa shape index (κ2) is 4.24. The summed E-state index contributed by atoms with van der Waals surface area (Å²) in [5.74, 6) is 0. The van der Waals surface area contributed by atoms with E-state index in [0.717, 1.165) is 19.8 Å². The first-order valence-corrected chi connectivity index (χ1v) is 5.12. The molecule has 0 amide bonds. The minimum atomic E-state index is 0.584. The number of ether oxygens (including phenoxy) is 1. The zero-order valence-corrected chi connectivity index (χ0v) is 8.52. The monoisotopic (exact) mass is 171 g/mol. The van der Waals surface area contributed by atoms with Crippen molar-refractivity contribution in [2.45, 2.75) is 39.7 Å². The Hall–Kier alpha value is -0.0800. The van der Waals surface area contributed by atoms with Crippen molar-refractivity contribution < 1.29 is 4.74 Å². The molecule has 1 atom stereocenters. The van der Waals surface area contributed by atoms with Gasteiger partial charge < -0.3 is 10.1 Å². The topological polar surface area (TPSA) is 21.3 Å². The lowest BCUT2D eigenvalue weighted by molar-refractivity contribution is 0.0545. The molecule has 1 saturated heterocycles. The Morgan fingerprint density at radius 1 is 1.33 bits per heavy atom. The lowest BCUT2D eigenvalue weighted by atomic mass is 9.99. The van der Waals surface area contributed by atoms with E-state index in [1.807, 2.05) is 13.8 Å². The smallest absolute Gasteiger partial charge is 0.0625 e. The van der Waals surface area contributed by atoms with E-state index < -0.39 is 0 Å². The number of hydrogen-bond acceptors (Lipinski definition) is 2. The maximum absolute atomic E-state index is 5.39. The summed E-state index contributed by atoms with van der Waals surface area (Å²) in [6.45, 7) is 9.21. The third-order valence-corrected chi connectivity index (χ3v) is 2.80. The van der Waals surface area contributed by atoms with Gasteiger partial charge in [0, 0.05) is 12.6 Å². The molecule has 2 nitrogen and oxygen atoms in total. The van der Waals surface area contributed by atoms with Crippen molar-refractivity contribution in [2.24, 2.45) is 5.41 Å². The first-order chi connectivity index (χ1) is 5.81. The van der Waals surface area contributed by atoms with E-state index in [4.69, 9.17) is 4.74 Å². The molecular weight excluding hydrogens is 150 g/mol. The molecule has 2 aliphatic rings. The van der Waals surface area contributed by atoms with Crippen LogP contribution >= 0.6 is 0 Å². The van der Waals surface area contributed by atoms with Gasteiger partial charge >= 0.3 is 0 Å². The molecule has 1 unspecified atom stereocenters. The Bertz CT molecular complexity index is 126. The van der Waals surface area contributed by atoms with Gasteiger partial charge in [-0.15, -0.1) is 0 Å². The Labute approximate surface area is 75.7 Å². The summed E-state index contributed by atoms with van der Waals surface area (Å²) >= 11 is 0. The molecule has 1 N–H and O–H groups in total. The van der Waals surface area contributed by atoms with Crippen LogP contribution < -0.4 is 5.32 Å². The summed E-state index contributed by atoms with van der Waals surface area (Å²) in [4.78, 5) is 0. The van der Waals surface area contributed by atoms with E-state index in [1.54, 1.807) is 0 Å². The molecule has 1 aliphatic heterocycles. The van der Waals surface area contributed by atoms with Gasteiger partial charge in [-0.3, -0.25) is 0 Å². The van der Waals surface area contributed by atoms with Crippen molar-refractivity contribution in [3.05, 3.63) is 0 Å². The zero-order chi connectivity index (χ0) is 9.03. The molecule has 1 aliphatic carbocycles. The van der Waals surface area contributed by atoms with E-state index in [2.05, 4.69) is 12.2 Å². The second-order valence-corrected chi connectivity index (χ2v) is 3.74. The lowest BCUT2D eigenvalue weighted by Crippen LogP contribution is -2.46. The Balaban J connectivity index is 0.000000336. The van der Waals surface area contributed by atoms with Gasteiger partial charge in [-0.05, 0) is 18.3 Å². The fourth-order valence-electron chi connectivity index (χ4n) is 1.56. The maximum Gasteiger partial charge on any atom is 0.0625 e. The van der Waals surface area contributed by atoms with Gasteiger partial charge in [-0.25, -0.2) is 0 Å². The number of hydrogen-bond donors (Lipinski definition) is 1.